The summed E-state index contributed by atoms with van der Waals surface area (Å²) in [5.41, 5.74) is 2.45. The summed E-state index contributed by atoms with van der Waals surface area (Å²) in [6.07, 6.45) is 1.19. The Hall–Kier alpha value is -0.170. The molecule has 13 heavy (non-hydrogen) atoms. The van der Waals surface area contributed by atoms with Gasteiger partial charge in [0.05, 0.1) is 17.4 Å². The van der Waals surface area contributed by atoms with Crippen molar-refractivity contribution in [2.24, 2.45) is 5.84 Å². The average molecular weight is 210 g/mol. The van der Waals surface area contributed by atoms with Gasteiger partial charge in [0, 0.05) is 13.4 Å². The third-order valence-electron chi connectivity index (χ3n) is 2.33. The molecule has 0 aromatic carbocycles. The van der Waals surface area contributed by atoms with Crippen molar-refractivity contribution in [2.45, 2.75) is 24.6 Å². The number of sulfone groups is 1. The third kappa shape index (κ3) is 2.91. The van der Waals surface area contributed by atoms with Crippen LogP contribution in [0.1, 0.15) is 13.8 Å². The summed E-state index contributed by atoms with van der Waals surface area (Å²) in [4.78, 5) is 0. The molecule has 0 aromatic rings. The van der Waals surface area contributed by atoms with Gasteiger partial charge in [0.2, 0.25) is 0 Å². The normalized spacial score (nSPS) is 15.8. The van der Waals surface area contributed by atoms with Gasteiger partial charge in [0.25, 0.3) is 0 Å². The maximum absolute atomic E-state index is 11.4. The first-order valence-corrected chi connectivity index (χ1v) is 5.81. The summed E-state index contributed by atoms with van der Waals surface area (Å²) in [7, 11) is -1.66. The SMILES string of the molecule is COCC(NN)C(C)(C)S(C)(=O)=O. The van der Waals surface area contributed by atoms with Crippen LogP contribution in [0.5, 0.6) is 0 Å². The number of rotatable bonds is 5. The molecular formula is C7H18N2O3S. The van der Waals surface area contributed by atoms with Crippen molar-refractivity contribution in [1.29, 1.82) is 0 Å². The van der Waals surface area contributed by atoms with Gasteiger partial charge in [-0.05, 0) is 13.8 Å². The molecule has 0 saturated carbocycles. The highest BCUT2D eigenvalue weighted by molar-refractivity contribution is 7.92. The van der Waals surface area contributed by atoms with E-state index in [1.165, 1.54) is 13.4 Å². The Bertz CT molecular complexity index is 248. The zero-order valence-corrected chi connectivity index (χ0v) is 9.31. The lowest BCUT2D eigenvalue weighted by Gasteiger charge is -2.31. The van der Waals surface area contributed by atoms with Crippen molar-refractivity contribution in [3.63, 3.8) is 0 Å². The lowest BCUT2D eigenvalue weighted by molar-refractivity contribution is 0.152. The maximum Gasteiger partial charge on any atom is 0.154 e. The predicted octanol–water partition coefficient (Wildman–Crippen LogP) is -0.712. The van der Waals surface area contributed by atoms with Gasteiger partial charge in [-0.2, -0.15) is 0 Å². The van der Waals surface area contributed by atoms with Crippen LogP contribution >= 0.6 is 0 Å². The Morgan fingerprint density at radius 3 is 2.23 bits per heavy atom. The summed E-state index contributed by atoms with van der Waals surface area (Å²) >= 11 is 0. The molecule has 3 N–H and O–H groups in total. The monoisotopic (exact) mass is 210 g/mol. The quantitative estimate of drug-likeness (QED) is 0.462. The summed E-state index contributed by atoms with van der Waals surface area (Å²) < 4.78 is 26.7. The molecule has 0 bridgehead atoms. The van der Waals surface area contributed by atoms with E-state index in [-0.39, 0.29) is 6.61 Å². The molecule has 0 rings (SSSR count). The number of methoxy groups -OCH3 is 1. The van der Waals surface area contributed by atoms with Crippen molar-refractivity contribution >= 4 is 9.84 Å². The average Bonchev–Trinajstić information content (AvgIpc) is 1.97. The molecule has 0 radical (unpaired) electrons. The van der Waals surface area contributed by atoms with E-state index in [1.807, 2.05) is 0 Å². The molecule has 0 aliphatic rings. The van der Waals surface area contributed by atoms with Crippen LogP contribution in [0.4, 0.5) is 0 Å². The van der Waals surface area contributed by atoms with E-state index in [2.05, 4.69) is 5.43 Å². The number of hydrazine groups is 1. The largest absolute Gasteiger partial charge is 0.383 e. The molecule has 0 saturated heterocycles. The Kier molecular flexibility index (Phi) is 4.31. The minimum atomic E-state index is -3.16. The van der Waals surface area contributed by atoms with Crippen molar-refractivity contribution in [3.8, 4) is 0 Å². The first-order valence-electron chi connectivity index (χ1n) is 3.92. The van der Waals surface area contributed by atoms with Gasteiger partial charge < -0.3 is 4.74 Å². The number of hydrogen-bond donors (Lipinski definition) is 2. The fraction of sp³-hybridized carbons (Fsp3) is 1.00. The van der Waals surface area contributed by atoms with Crippen molar-refractivity contribution in [3.05, 3.63) is 0 Å². The lowest BCUT2D eigenvalue weighted by atomic mass is 10.1. The maximum atomic E-state index is 11.4. The topological polar surface area (TPSA) is 81.4 Å². The van der Waals surface area contributed by atoms with Crippen LogP contribution in [-0.4, -0.2) is 39.2 Å². The van der Waals surface area contributed by atoms with Gasteiger partial charge in [0.15, 0.2) is 9.84 Å². The molecule has 1 atom stereocenters. The first-order chi connectivity index (χ1) is 5.77. The van der Waals surface area contributed by atoms with E-state index in [1.54, 1.807) is 13.8 Å². The van der Waals surface area contributed by atoms with Crippen LogP contribution in [0, 0.1) is 0 Å². The Labute approximate surface area is 79.5 Å². The molecule has 0 amide bonds. The van der Waals surface area contributed by atoms with Crippen LogP contribution < -0.4 is 11.3 Å². The Morgan fingerprint density at radius 2 is 2.00 bits per heavy atom. The van der Waals surface area contributed by atoms with Gasteiger partial charge in [0.1, 0.15) is 0 Å². The second-order valence-electron chi connectivity index (χ2n) is 3.55. The lowest BCUT2D eigenvalue weighted by Crippen LogP contribution is -2.56. The molecule has 80 valence electrons. The smallest absolute Gasteiger partial charge is 0.154 e. The number of ether oxygens (including phenoxy) is 1. The zero-order valence-electron chi connectivity index (χ0n) is 8.49. The molecular weight excluding hydrogens is 192 g/mol. The fourth-order valence-corrected chi connectivity index (χ4v) is 1.53. The molecule has 5 nitrogen and oxygen atoms in total. The first kappa shape index (κ1) is 12.8. The van der Waals surface area contributed by atoms with Crippen molar-refractivity contribution in [1.82, 2.24) is 5.43 Å². The van der Waals surface area contributed by atoms with Crippen LogP contribution in [0.25, 0.3) is 0 Å². The molecule has 0 aliphatic carbocycles. The minimum absolute atomic E-state index is 0.260. The van der Waals surface area contributed by atoms with E-state index in [9.17, 15) is 8.42 Å². The molecule has 0 heterocycles. The minimum Gasteiger partial charge on any atom is -0.383 e. The summed E-state index contributed by atoms with van der Waals surface area (Å²) in [6, 6.07) is -0.410. The van der Waals surface area contributed by atoms with Crippen molar-refractivity contribution < 1.29 is 13.2 Å². The van der Waals surface area contributed by atoms with E-state index in [4.69, 9.17) is 10.6 Å². The number of hydrogen-bond acceptors (Lipinski definition) is 5. The van der Waals surface area contributed by atoms with E-state index < -0.39 is 20.6 Å². The Balaban J connectivity index is 4.78. The summed E-state index contributed by atoms with van der Waals surface area (Å²) in [5, 5.41) is 0. The van der Waals surface area contributed by atoms with Gasteiger partial charge in [-0.25, -0.2) is 8.42 Å². The van der Waals surface area contributed by atoms with Crippen LogP contribution in [-0.2, 0) is 14.6 Å². The van der Waals surface area contributed by atoms with Gasteiger partial charge >= 0.3 is 0 Å². The molecule has 0 spiro atoms. The van der Waals surface area contributed by atoms with E-state index >= 15 is 0 Å². The number of nitrogens with one attached hydrogen (secondary N) is 1. The molecule has 0 aromatic heterocycles. The van der Waals surface area contributed by atoms with Crippen LogP contribution in [0.2, 0.25) is 0 Å². The summed E-state index contributed by atoms with van der Waals surface area (Å²) in [5.74, 6) is 5.25. The van der Waals surface area contributed by atoms with Gasteiger partial charge in [-0.3, -0.25) is 11.3 Å². The highest BCUT2D eigenvalue weighted by atomic mass is 32.2. The summed E-state index contributed by atoms with van der Waals surface area (Å²) in [6.45, 7) is 3.49. The van der Waals surface area contributed by atoms with Crippen LogP contribution in [0.15, 0.2) is 0 Å². The second kappa shape index (κ2) is 4.36. The fourth-order valence-electron chi connectivity index (χ4n) is 0.875. The molecule has 0 aliphatic heterocycles. The van der Waals surface area contributed by atoms with Gasteiger partial charge in [-0.15, -0.1) is 0 Å². The van der Waals surface area contributed by atoms with E-state index in [0.29, 0.717) is 0 Å². The highest BCUT2D eigenvalue weighted by Crippen LogP contribution is 2.19. The van der Waals surface area contributed by atoms with Crippen LogP contribution in [0.3, 0.4) is 0 Å². The zero-order chi connectivity index (χ0) is 10.7. The standard InChI is InChI=1S/C7H18N2O3S/c1-7(2,13(4,10)11)6(9-8)5-12-3/h6,9H,5,8H2,1-4H3. The highest BCUT2D eigenvalue weighted by Gasteiger charge is 2.38. The predicted molar refractivity (Wildman–Crippen MR) is 51.9 cm³/mol. The molecule has 1 unspecified atom stereocenters. The molecule has 0 fully saturated rings. The van der Waals surface area contributed by atoms with E-state index in [0.717, 1.165) is 0 Å². The number of nitrogens with two attached hydrogens (primary N) is 1. The molecule has 6 heteroatoms. The second-order valence-corrected chi connectivity index (χ2v) is 6.15. The van der Waals surface area contributed by atoms with Gasteiger partial charge in [-0.1, -0.05) is 0 Å². The third-order valence-corrected chi connectivity index (χ3v) is 4.53. The Morgan fingerprint density at radius 1 is 1.54 bits per heavy atom. The van der Waals surface area contributed by atoms with Crippen molar-refractivity contribution in [2.75, 3.05) is 20.0 Å².